The molecule has 12 heteroatoms. The molecule has 2 aliphatic heterocycles. The van der Waals surface area contributed by atoms with Crippen LogP contribution in [0.5, 0.6) is 5.88 Å². The van der Waals surface area contributed by atoms with Gasteiger partial charge in [-0.2, -0.15) is 13.2 Å². The summed E-state index contributed by atoms with van der Waals surface area (Å²) < 4.78 is 61.6. The number of ether oxygens (including phenoxy) is 1. The molecule has 1 spiro atoms. The lowest BCUT2D eigenvalue weighted by Gasteiger charge is -2.49. The first-order valence-corrected chi connectivity index (χ1v) is 10.9. The van der Waals surface area contributed by atoms with E-state index in [2.05, 4.69) is 4.98 Å². The van der Waals surface area contributed by atoms with Gasteiger partial charge < -0.3 is 14.7 Å². The number of halogens is 3. The smallest absolute Gasteiger partial charge is 0.477 e. The summed E-state index contributed by atoms with van der Waals surface area (Å²) in [4.78, 5) is 26.6. The second-order valence-electron chi connectivity index (χ2n) is 7.15. The van der Waals surface area contributed by atoms with Crippen molar-refractivity contribution < 1.29 is 41.0 Å². The van der Waals surface area contributed by atoms with Gasteiger partial charge >= 0.3 is 12.1 Å². The first-order chi connectivity index (χ1) is 13.9. The molecule has 2 fully saturated rings. The van der Waals surface area contributed by atoms with Crippen LogP contribution in [0.1, 0.15) is 26.2 Å². The molecule has 3 heterocycles. The minimum absolute atomic E-state index is 0.0459. The van der Waals surface area contributed by atoms with E-state index in [9.17, 15) is 26.4 Å². The molecule has 8 nitrogen and oxygen atoms in total. The third kappa shape index (κ3) is 5.21. The van der Waals surface area contributed by atoms with E-state index in [4.69, 9.17) is 14.6 Å². The number of alkyl halides is 3. The molecule has 1 amide bonds. The number of amides is 1. The minimum atomic E-state index is -5.08. The molecule has 1 unspecified atom stereocenters. The summed E-state index contributed by atoms with van der Waals surface area (Å²) in [5.41, 5.74) is 0. The number of pyridine rings is 1. The summed E-state index contributed by atoms with van der Waals surface area (Å²) in [6.07, 6.45) is -1.59. The predicted octanol–water partition coefficient (Wildman–Crippen LogP) is 1.91. The third-order valence-corrected chi connectivity index (χ3v) is 7.75. The third-order valence-electron chi connectivity index (χ3n) is 5.14. The molecule has 1 aromatic heterocycles. The predicted molar refractivity (Wildman–Crippen MR) is 99.5 cm³/mol. The van der Waals surface area contributed by atoms with Crippen molar-refractivity contribution in [2.75, 3.05) is 25.4 Å². The summed E-state index contributed by atoms with van der Waals surface area (Å²) in [6, 6.07) is 5.39. The zero-order valence-corrected chi connectivity index (χ0v) is 17.1. The summed E-state index contributed by atoms with van der Waals surface area (Å²) >= 11 is 0. The van der Waals surface area contributed by atoms with Crippen LogP contribution >= 0.6 is 0 Å². The van der Waals surface area contributed by atoms with Gasteiger partial charge in [0.2, 0.25) is 11.8 Å². The van der Waals surface area contributed by atoms with Crippen molar-refractivity contribution in [2.45, 2.75) is 37.1 Å². The Morgan fingerprint density at radius 1 is 1.33 bits per heavy atom. The van der Waals surface area contributed by atoms with Crippen molar-refractivity contribution in [1.29, 1.82) is 0 Å². The topological polar surface area (TPSA) is 114 Å². The molecule has 3 rings (SSSR count). The van der Waals surface area contributed by atoms with Crippen LogP contribution in [0.2, 0.25) is 0 Å². The lowest BCUT2D eigenvalue weighted by molar-refractivity contribution is -0.192. The lowest BCUT2D eigenvalue weighted by atomic mass is 9.83. The van der Waals surface area contributed by atoms with Crippen LogP contribution in [0, 0.1) is 5.92 Å². The van der Waals surface area contributed by atoms with Crippen molar-refractivity contribution in [1.82, 2.24) is 9.88 Å². The fraction of sp³-hybridized carbons (Fsp3) is 0.611. The summed E-state index contributed by atoms with van der Waals surface area (Å²) in [6.45, 7) is 2.89. The standard InChI is InChI=1S/C16H22N2O4S.C2HF3O2/c1-2-5-15(19)18-11-16(12-18)13(7-9-23(16,20)21)10-22-14-6-3-4-8-17-14;3-2(4,5)1(6)7/h3-4,6,8,13H,2,5,7,9-12H2,1H3;(H,6,7). The van der Waals surface area contributed by atoms with E-state index in [0.717, 1.165) is 6.42 Å². The largest absolute Gasteiger partial charge is 0.490 e. The van der Waals surface area contributed by atoms with Gasteiger partial charge in [-0.1, -0.05) is 13.0 Å². The number of carbonyl (C=O) groups is 2. The molecular formula is C18H23F3N2O6S. The number of hydrogen-bond donors (Lipinski definition) is 1. The second kappa shape index (κ2) is 9.19. The molecule has 0 bridgehead atoms. The Morgan fingerprint density at radius 2 is 1.97 bits per heavy atom. The molecule has 0 aliphatic carbocycles. The Kier molecular flexibility index (Phi) is 7.32. The molecule has 0 saturated carbocycles. The number of nitrogens with zero attached hydrogens (tertiary/aromatic N) is 2. The van der Waals surface area contributed by atoms with E-state index in [1.807, 2.05) is 13.0 Å². The number of aromatic nitrogens is 1. The van der Waals surface area contributed by atoms with E-state index < -0.39 is 26.7 Å². The van der Waals surface area contributed by atoms with Gasteiger partial charge in [0.1, 0.15) is 4.75 Å². The molecule has 2 saturated heterocycles. The fourth-order valence-corrected chi connectivity index (χ4v) is 5.87. The monoisotopic (exact) mass is 452 g/mol. The number of sulfone groups is 1. The molecule has 168 valence electrons. The maximum atomic E-state index is 12.5. The molecule has 0 radical (unpaired) electrons. The Morgan fingerprint density at radius 3 is 2.47 bits per heavy atom. The van der Waals surface area contributed by atoms with Crippen molar-refractivity contribution >= 4 is 21.7 Å². The first kappa shape index (κ1) is 23.9. The van der Waals surface area contributed by atoms with Gasteiger partial charge in [0, 0.05) is 37.7 Å². The normalized spacial score (nSPS) is 21.3. The summed E-state index contributed by atoms with van der Waals surface area (Å²) in [5, 5.41) is 7.12. The quantitative estimate of drug-likeness (QED) is 0.726. The molecular weight excluding hydrogens is 429 g/mol. The van der Waals surface area contributed by atoms with Crippen LogP contribution in [0.4, 0.5) is 13.2 Å². The highest BCUT2D eigenvalue weighted by Crippen LogP contribution is 2.45. The molecule has 2 aliphatic rings. The number of likely N-dealkylation sites (tertiary alicyclic amines) is 1. The molecule has 30 heavy (non-hydrogen) atoms. The van der Waals surface area contributed by atoms with Crippen LogP contribution in [0.25, 0.3) is 0 Å². The SMILES string of the molecule is CCCC(=O)N1CC2(C1)C(COc1ccccn1)CCS2(=O)=O.O=C(O)C(F)(F)F. The van der Waals surface area contributed by atoms with E-state index in [-0.39, 0.29) is 17.6 Å². The molecule has 1 aromatic rings. The van der Waals surface area contributed by atoms with Crippen molar-refractivity contribution in [3.63, 3.8) is 0 Å². The van der Waals surface area contributed by atoms with Crippen LogP contribution in [0.3, 0.4) is 0 Å². The maximum absolute atomic E-state index is 12.5. The maximum Gasteiger partial charge on any atom is 0.490 e. The number of carbonyl (C=O) groups excluding carboxylic acids is 1. The Hall–Kier alpha value is -2.37. The van der Waals surface area contributed by atoms with Gasteiger partial charge in [0.05, 0.1) is 12.4 Å². The van der Waals surface area contributed by atoms with Gasteiger partial charge in [-0.15, -0.1) is 0 Å². The first-order valence-electron chi connectivity index (χ1n) is 9.27. The Labute approximate surface area is 172 Å². The highest BCUT2D eigenvalue weighted by molar-refractivity contribution is 7.93. The minimum Gasteiger partial charge on any atom is -0.477 e. The van der Waals surface area contributed by atoms with Crippen LogP contribution in [0.15, 0.2) is 24.4 Å². The van der Waals surface area contributed by atoms with Gasteiger partial charge in [-0.05, 0) is 18.9 Å². The van der Waals surface area contributed by atoms with E-state index in [0.29, 0.717) is 38.4 Å². The van der Waals surface area contributed by atoms with Gasteiger partial charge in [0.25, 0.3) is 0 Å². The number of carboxylic acids is 1. The molecule has 1 N–H and O–H groups in total. The zero-order valence-electron chi connectivity index (χ0n) is 16.3. The second-order valence-corrected chi connectivity index (χ2v) is 9.60. The average Bonchev–Trinajstić information content (AvgIpc) is 2.90. The van der Waals surface area contributed by atoms with Crippen molar-refractivity contribution in [3.05, 3.63) is 24.4 Å². The van der Waals surface area contributed by atoms with Gasteiger partial charge in [-0.25, -0.2) is 18.2 Å². The number of carboxylic acid groups (broad SMARTS) is 1. The van der Waals surface area contributed by atoms with E-state index in [1.54, 1.807) is 23.2 Å². The highest BCUT2D eigenvalue weighted by Gasteiger charge is 2.62. The van der Waals surface area contributed by atoms with Gasteiger partial charge in [-0.3, -0.25) is 4.79 Å². The molecule has 1 atom stereocenters. The fourth-order valence-electron chi connectivity index (χ4n) is 3.47. The number of aliphatic carboxylic acids is 1. The zero-order chi connectivity index (χ0) is 22.6. The number of rotatable bonds is 5. The van der Waals surface area contributed by atoms with Crippen LogP contribution in [-0.4, -0.2) is 71.7 Å². The van der Waals surface area contributed by atoms with Crippen LogP contribution < -0.4 is 4.74 Å². The average molecular weight is 452 g/mol. The molecule has 0 aromatic carbocycles. The lowest BCUT2D eigenvalue weighted by Crippen LogP contribution is -2.68. The van der Waals surface area contributed by atoms with Crippen molar-refractivity contribution in [2.24, 2.45) is 5.92 Å². The van der Waals surface area contributed by atoms with E-state index in [1.165, 1.54) is 0 Å². The Bertz CT molecular complexity index is 854. The summed E-state index contributed by atoms with van der Waals surface area (Å²) in [7, 11) is -3.18. The Balaban J connectivity index is 0.000000396. The van der Waals surface area contributed by atoms with Crippen LogP contribution in [-0.2, 0) is 19.4 Å². The van der Waals surface area contributed by atoms with Crippen molar-refractivity contribution in [3.8, 4) is 5.88 Å². The highest BCUT2D eigenvalue weighted by atomic mass is 32.2. The van der Waals surface area contributed by atoms with Gasteiger partial charge in [0.15, 0.2) is 9.84 Å². The van der Waals surface area contributed by atoms with E-state index >= 15 is 0 Å². The summed E-state index contributed by atoms with van der Waals surface area (Å²) in [5.74, 6) is -2.11. The number of hydrogen-bond acceptors (Lipinski definition) is 6.